The highest BCUT2D eigenvalue weighted by molar-refractivity contribution is 7.80. The van der Waals surface area contributed by atoms with Crippen molar-refractivity contribution in [2.75, 3.05) is 5.75 Å². The van der Waals surface area contributed by atoms with Gasteiger partial charge in [-0.3, -0.25) is 0 Å². The zero-order valence-corrected chi connectivity index (χ0v) is 5.70. The van der Waals surface area contributed by atoms with Crippen molar-refractivity contribution in [2.45, 2.75) is 20.3 Å². The monoisotopic (exact) mass is 117 g/mol. The zero-order chi connectivity index (χ0) is 6.12. The number of hydrogen-bond donors (Lipinski definition) is 1. The third-order valence-corrected chi connectivity index (χ3v) is 0.212. The molecule has 0 aromatic carbocycles. The first-order chi connectivity index (χ1) is 3.33. The van der Waals surface area contributed by atoms with Crippen LogP contribution in [0.4, 0.5) is 0 Å². The molecule has 0 atom stereocenters. The van der Waals surface area contributed by atoms with E-state index in [4.69, 9.17) is 5.26 Å². The summed E-state index contributed by atoms with van der Waals surface area (Å²) in [7, 11) is 0. The van der Waals surface area contributed by atoms with Crippen LogP contribution in [0.2, 0.25) is 0 Å². The van der Waals surface area contributed by atoms with Crippen LogP contribution in [-0.4, -0.2) is 5.75 Å². The van der Waals surface area contributed by atoms with Crippen LogP contribution in [-0.2, 0) is 0 Å². The van der Waals surface area contributed by atoms with Crippen LogP contribution in [0, 0.1) is 11.3 Å². The first-order valence-corrected chi connectivity index (χ1v) is 2.94. The Morgan fingerprint density at radius 1 is 1.57 bits per heavy atom. The van der Waals surface area contributed by atoms with E-state index >= 15 is 0 Å². The number of thiol groups is 1. The van der Waals surface area contributed by atoms with Crippen molar-refractivity contribution < 1.29 is 0 Å². The quantitative estimate of drug-likeness (QED) is 0.481. The van der Waals surface area contributed by atoms with Gasteiger partial charge in [-0.05, 0) is 0 Å². The molecule has 0 N–H and O–H groups in total. The summed E-state index contributed by atoms with van der Waals surface area (Å²) < 4.78 is 0. The maximum absolute atomic E-state index is 7.55. The Balaban J connectivity index is 0. The van der Waals surface area contributed by atoms with Gasteiger partial charge in [-0.25, -0.2) is 0 Å². The van der Waals surface area contributed by atoms with Crippen LogP contribution in [0.1, 0.15) is 20.3 Å². The molecule has 0 bridgehead atoms. The number of nitrogens with zero attached hydrogens (tertiary/aromatic N) is 1. The van der Waals surface area contributed by atoms with Crippen molar-refractivity contribution in [3.05, 3.63) is 0 Å². The van der Waals surface area contributed by atoms with Gasteiger partial charge in [0, 0.05) is 0 Å². The lowest BCUT2D eigenvalue weighted by Crippen LogP contribution is -1.47. The van der Waals surface area contributed by atoms with Crippen LogP contribution < -0.4 is 0 Å². The summed E-state index contributed by atoms with van der Waals surface area (Å²) in [6.45, 7) is 4.25. The van der Waals surface area contributed by atoms with E-state index in [1.54, 1.807) is 6.07 Å². The largest absolute Gasteiger partial charge is 0.197 e. The smallest absolute Gasteiger partial charge is 0.0777 e. The normalized spacial score (nSPS) is 5.43. The zero-order valence-electron chi connectivity index (χ0n) is 4.81. The van der Waals surface area contributed by atoms with Crippen LogP contribution in [0.3, 0.4) is 0 Å². The predicted octanol–water partition coefficient (Wildman–Crippen LogP) is 1.86. The summed E-state index contributed by atoms with van der Waals surface area (Å²) in [5.74, 6) is 0.319. The van der Waals surface area contributed by atoms with E-state index in [9.17, 15) is 0 Å². The van der Waals surface area contributed by atoms with Gasteiger partial charge in [-0.1, -0.05) is 20.3 Å². The molecule has 0 rings (SSSR count). The van der Waals surface area contributed by atoms with Gasteiger partial charge in [0.2, 0.25) is 0 Å². The molecule has 0 aromatic heterocycles. The maximum atomic E-state index is 7.55. The SMILES string of the molecule is CCC.N#CCS. The summed E-state index contributed by atoms with van der Waals surface area (Å²) >= 11 is 3.56. The highest BCUT2D eigenvalue weighted by Gasteiger charge is 1.50. The van der Waals surface area contributed by atoms with Crippen LogP contribution in [0.15, 0.2) is 0 Å². The lowest BCUT2D eigenvalue weighted by Gasteiger charge is -1.48. The average molecular weight is 117 g/mol. The molecule has 0 saturated heterocycles. The first-order valence-electron chi connectivity index (χ1n) is 2.31. The molecule has 0 aliphatic carbocycles. The van der Waals surface area contributed by atoms with E-state index < -0.39 is 0 Å². The molecule has 0 saturated carbocycles. The molecule has 0 unspecified atom stereocenters. The Labute approximate surface area is 50.8 Å². The molecule has 2 heteroatoms. The summed E-state index contributed by atoms with van der Waals surface area (Å²) in [5.41, 5.74) is 0. The van der Waals surface area contributed by atoms with Gasteiger partial charge in [-0.2, -0.15) is 17.9 Å². The Hall–Kier alpha value is -0.160. The van der Waals surface area contributed by atoms with Crippen molar-refractivity contribution >= 4 is 12.6 Å². The van der Waals surface area contributed by atoms with Crippen LogP contribution >= 0.6 is 12.6 Å². The third kappa shape index (κ3) is 122. The highest BCUT2D eigenvalue weighted by atomic mass is 32.1. The van der Waals surface area contributed by atoms with E-state index in [0.717, 1.165) is 0 Å². The van der Waals surface area contributed by atoms with Gasteiger partial charge < -0.3 is 0 Å². The van der Waals surface area contributed by atoms with Gasteiger partial charge in [-0.15, -0.1) is 0 Å². The fourth-order valence-corrected chi connectivity index (χ4v) is 0. The summed E-state index contributed by atoms with van der Waals surface area (Å²) in [5, 5.41) is 7.55. The molecule has 0 heterocycles. The van der Waals surface area contributed by atoms with Crippen molar-refractivity contribution in [3.63, 3.8) is 0 Å². The highest BCUT2D eigenvalue weighted by Crippen LogP contribution is 1.59. The Morgan fingerprint density at radius 2 is 1.71 bits per heavy atom. The Kier molecular flexibility index (Phi) is 24.1. The van der Waals surface area contributed by atoms with Gasteiger partial charge in [0.15, 0.2) is 0 Å². The minimum Gasteiger partial charge on any atom is -0.197 e. The van der Waals surface area contributed by atoms with Crippen molar-refractivity contribution in [1.29, 1.82) is 5.26 Å². The lowest BCUT2D eigenvalue weighted by molar-refractivity contribution is 1.09. The third-order valence-electron chi connectivity index (χ3n) is 0.0707. The van der Waals surface area contributed by atoms with Gasteiger partial charge in [0.1, 0.15) is 0 Å². The first kappa shape index (κ1) is 9.96. The molecular weight excluding hydrogens is 106 g/mol. The summed E-state index contributed by atoms with van der Waals surface area (Å²) in [6.07, 6.45) is 1.25. The van der Waals surface area contributed by atoms with E-state index in [-0.39, 0.29) is 0 Å². The van der Waals surface area contributed by atoms with E-state index in [1.807, 2.05) is 0 Å². The molecule has 42 valence electrons. The fourth-order valence-electron chi connectivity index (χ4n) is 0. The van der Waals surface area contributed by atoms with Gasteiger partial charge >= 0.3 is 0 Å². The number of hydrogen-bond acceptors (Lipinski definition) is 2. The van der Waals surface area contributed by atoms with Crippen molar-refractivity contribution in [2.24, 2.45) is 0 Å². The molecule has 1 nitrogen and oxygen atoms in total. The van der Waals surface area contributed by atoms with Crippen LogP contribution in [0.5, 0.6) is 0 Å². The second-order valence-corrected chi connectivity index (χ2v) is 1.34. The lowest BCUT2D eigenvalue weighted by atomic mass is 10.6. The molecular formula is C5H11NS. The van der Waals surface area contributed by atoms with Gasteiger partial charge in [0.05, 0.1) is 11.8 Å². The Morgan fingerprint density at radius 3 is 1.71 bits per heavy atom. The molecule has 7 heavy (non-hydrogen) atoms. The molecule has 0 aliphatic rings. The minimum absolute atomic E-state index is 0.319. The second-order valence-electron chi connectivity index (χ2n) is 1.02. The average Bonchev–Trinajstić information content (AvgIpc) is 1.69. The molecule has 0 spiro atoms. The summed E-state index contributed by atoms with van der Waals surface area (Å²) in [6, 6.07) is 1.79. The summed E-state index contributed by atoms with van der Waals surface area (Å²) in [4.78, 5) is 0. The molecule has 0 radical (unpaired) electrons. The topological polar surface area (TPSA) is 23.8 Å². The molecule has 0 fully saturated rings. The Bertz CT molecular complexity index is 46.5. The molecule has 0 amide bonds. The number of rotatable bonds is 0. The maximum Gasteiger partial charge on any atom is 0.0777 e. The van der Waals surface area contributed by atoms with E-state index in [0.29, 0.717) is 5.75 Å². The van der Waals surface area contributed by atoms with E-state index in [2.05, 4.69) is 26.5 Å². The minimum atomic E-state index is 0.319. The standard InChI is InChI=1S/C3H8.C2H3NS/c1-3-2;3-1-2-4/h3H2,1-2H3;4H,2H2. The van der Waals surface area contributed by atoms with Gasteiger partial charge in [0.25, 0.3) is 0 Å². The second kappa shape index (κ2) is 17.0. The van der Waals surface area contributed by atoms with E-state index in [1.165, 1.54) is 6.42 Å². The number of nitriles is 1. The van der Waals surface area contributed by atoms with Crippen molar-refractivity contribution in [3.8, 4) is 6.07 Å². The van der Waals surface area contributed by atoms with Crippen molar-refractivity contribution in [1.82, 2.24) is 0 Å². The molecule has 0 aliphatic heterocycles. The van der Waals surface area contributed by atoms with Crippen LogP contribution in [0.25, 0.3) is 0 Å². The molecule has 0 aromatic rings. The fraction of sp³-hybridized carbons (Fsp3) is 0.800. The predicted molar refractivity (Wildman–Crippen MR) is 35.4 cm³/mol.